The van der Waals surface area contributed by atoms with Crippen LogP contribution in [0.3, 0.4) is 0 Å². The number of ether oxygens (including phenoxy) is 2. The zero-order chi connectivity index (χ0) is 18.9. The maximum atomic E-state index is 12.9. The van der Waals surface area contributed by atoms with Gasteiger partial charge in [0.2, 0.25) is 0 Å². The van der Waals surface area contributed by atoms with Crippen molar-refractivity contribution < 1.29 is 14.6 Å². The van der Waals surface area contributed by atoms with Crippen LogP contribution >= 0.6 is 0 Å². The molecule has 4 aliphatic rings. The number of aliphatic hydroxyl groups excluding tert-OH is 1. The van der Waals surface area contributed by atoms with E-state index in [0.717, 1.165) is 6.42 Å². The lowest BCUT2D eigenvalue weighted by Crippen LogP contribution is -2.45. The van der Waals surface area contributed by atoms with Crippen LogP contribution in [0, 0.1) is 0 Å². The minimum absolute atomic E-state index is 0.151. The van der Waals surface area contributed by atoms with Crippen LogP contribution < -0.4 is 11.2 Å². The van der Waals surface area contributed by atoms with Crippen molar-refractivity contribution in [2.24, 2.45) is 0 Å². The molecule has 2 aromatic rings. The highest BCUT2D eigenvalue weighted by molar-refractivity contribution is 5.70. The van der Waals surface area contributed by atoms with Gasteiger partial charge < -0.3 is 19.6 Å². The SMILES string of the molecule is CCCn1c(=O)c2[nH]c(C34CC5OC(C3)C(O4)C5O)nc2n(CCC)c1=O. The van der Waals surface area contributed by atoms with E-state index in [1.807, 2.05) is 13.8 Å². The van der Waals surface area contributed by atoms with Crippen LogP contribution in [0.4, 0.5) is 0 Å². The molecule has 9 nitrogen and oxygen atoms in total. The summed E-state index contributed by atoms with van der Waals surface area (Å²) in [5.74, 6) is 0.556. The van der Waals surface area contributed by atoms with Crippen LogP contribution in [0.25, 0.3) is 11.2 Å². The molecule has 0 spiro atoms. The Labute approximate surface area is 154 Å². The Morgan fingerprint density at radius 2 is 1.89 bits per heavy atom. The Morgan fingerprint density at radius 1 is 1.19 bits per heavy atom. The fraction of sp³-hybridized carbons (Fsp3) is 0.722. The van der Waals surface area contributed by atoms with E-state index in [1.54, 1.807) is 4.57 Å². The Morgan fingerprint density at radius 3 is 2.56 bits per heavy atom. The zero-order valence-electron chi connectivity index (χ0n) is 15.5. The van der Waals surface area contributed by atoms with Gasteiger partial charge in [-0.15, -0.1) is 0 Å². The van der Waals surface area contributed by atoms with Gasteiger partial charge in [-0.05, 0) is 12.8 Å². The number of hydrogen-bond donors (Lipinski definition) is 2. The molecule has 2 aromatic heterocycles. The van der Waals surface area contributed by atoms with Crippen LogP contribution in [0.1, 0.15) is 45.4 Å². The quantitative estimate of drug-likeness (QED) is 0.772. The summed E-state index contributed by atoms with van der Waals surface area (Å²) < 4.78 is 14.8. The van der Waals surface area contributed by atoms with Crippen LogP contribution in [0.15, 0.2) is 9.59 Å². The average molecular weight is 376 g/mol. The number of aliphatic hydroxyl groups is 1. The van der Waals surface area contributed by atoms with E-state index in [2.05, 4.69) is 9.97 Å². The topological polar surface area (TPSA) is 111 Å². The first-order valence-electron chi connectivity index (χ1n) is 9.74. The third-order valence-electron chi connectivity index (χ3n) is 6.04. The van der Waals surface area contributed by atoms with E-state index in [9.17, 15) is 14.7 Å². The normalized spacial score (nSPS) is 34.2. The van der Waals surface area contributed by atoms with Crippen LogP contribution in [-0.2, 0) is 28.2 Å². The second-order valence-corrected chi connectivity index (χ2v) is 7.86. The van der Waals surface area contributed by atoms with Gasteiger partial charge in [0, 0.05) is 25.9 Å². The maximum Gasteiger partial charge on any atom is 0.332 e. The van der Waals surface area contributed by atoms with Crippen molar-refractivity contribution in [1.29, 1.82) is 0 Å². The van der Waals surface area contributed by atoms with Crippen molar-refractivity contribution in [3.63, 3.8) is 0 Å². The number of aromatic nitrogens is 4. The molecule has 4 saturated heterocycles. The van der Waals surface area contributed by atoms with E-state index in [0.29, 0.717) is 49.3 Å². The van der Waals surface area contributed by atoms with Gasteiger partial charge in [-0.25, -0.2) is 9.78 Å². The second kappa shape index (κ2) is 5.76. The molecule has 0 radical (unpaired) electrons. The largest absolute Gasteiger partial charge is 0.388 e. The molecular formula is C18H24N4O5. The molecule has 5 atom stereocenters. The first-order valence-corrected chi connectivity index (χ1v) is 9.74. The molecule has 4 bridgehead atoms. The number of H-pyrrole nitrogens is 1. The van der Waals surface area contributed by atoms with Gasteiger partial charge in [0.25, 0.3) is 5.56 Å². The standard InChI is InChI=1S/C18H24N4O5/c1-3-5-21-14-11(15(24)22(6-4-2)17(21)25)19-16(20-14)18-7-9-12(23)13(27-18)10(8-18)26-9/h9-10,12-13,23H,3-8H2,1-2H3,(H,19,20). The number of nitrogens with one attached hydrogen (secondary N) is 1. The minimum Gasteiger partial charge on any atom is -0.388 e. The number of aromatic amines is 1. The molecule has 0 aromatic carbocycles. The fourth-order valence-corrected chi connectivity index (χ4v) is 4.86. The molecule has 9 heteroatoms. The van der Waals surface area contributed by atoms with Crippen molar-refractivity contribution in [2.45, 2.75) is 82.6 Å². The maximum absolute atomic E-state index is 12.9. The highest BCUT2D eigenvalue weighted by Gasteiger charge is 2.64. The number of aryl methyl sites for hydroxylation is 1. The summed E-state index contributed by atoms with van der Waals surface area (Å²) in [6.45, 7) is 4.79. The number of nitrogens with zero attached hydrogens (tertiary/aromatic N) is 3. The third-order valence-corrected chi connectivity index (χ3v) is 6.04. The second-order valence-electron chi connectivity index (χ2n) is 7.86. The predicted octanol–water partition coefficient (Wildman–Crippen LogP) is 0.222. The van der Waals surface area contributed by atoms with E-state index in [-0.39, 0.29) is 29.6 Å². The Kier molecular flexibility index (Phi) is 3.66. The first kappa shape index (κ1) is 17.2. The van der Waals surface area contributed by atoms with Crippen LogP contribution in [0.2, 0.25) is 0 Å². The first-order chi connectivity index (χ1) is 13.0. The van der Waals surface area contributed by atoms with Crippen LogP contribution in [-0.4, -0.2) is 48.6 Å². The average Bonchev–Trinajstić information content (AvgIpc) is 3.27. The van der Waals surface area contributed by atoms with Gasteiger partial charge in [-0.2, -0.15) is 0 Å². The van der Waals surface area contributed by atoms with Gasteiger partial charge in [0.15, 0.2) is 5.65 Å². The molecule has 5 unspecified atom stereocenters. The predicted molar refractivity (Wildman–Crippen MR) is 95.6 cm³/mol. The third kappa shape index (κ3) is 2.19. The van der Waals surface area contributed by atoms with Gasteiger partial charge >= 0.3 is 5.69 Å². The Balaban J connectivity index is 1.68. The van der Waals surface area contributed by atoms with E-state index < -0.39 is 11.7 Å². The lowest BCUT2D eigenvalue weighted by molar-refractivity contribution is -0.161. The van der Waals surface area contributed by atoms with Crippen molar-refractivity contribution in [2.75, 3.05) is 0 Å². The molecule has 4 aliphatic heterocycles. The molecular weight excluding hydrogens is 352 g/mol. The van der Waals surface area contributed by atoms with Crippen molar-refractivity contribution in [3.8, 4) is 0 Å². The number of rotatable bonds is 5. The number of imidazole rings is 1. The number of fused-ring (bicyclic) bond motifs is 1. The lowest BCUT2D eigenvalue weighted by Gasteiger charge is -2.37. The van der Waals surface area contributed by atoms with Crippen molar-refractivity contribution in [3.05, 3.63) is 26.7 Å². The Hall–Kier alpha value is -1.97. The highest BCUT2D eigenvalue weighted by atomic mass is 16.6. The summed E-state index contributed by atoms with van der Waals surface area (Å²) in [4.78, 5) is 33.5. The molecule has 27 heavy (non-hydrogen) atoms. The minimum atomic E-state index is -0.689. The molecule has 0 saturated carbocycles. The number of hydrogen-bond acceptors (Lipinski definition) is 6. The van der Waals surface area contributed by atoms with E-state index >= 15 is 0 Å². The van der Waals surface area contributed by atoms with Gasteiger partial charge in [-0.1, -0.05) is 13.8 Å². The highest BCUT2D eigenvalue weighted by Crippen LogP contribution is 2.54. The molecule has 2 N–H and O–H groups in total. The lowest BCUT2D eigenvalue weighted by atomic mass is 9.89. The monoisotopic (exact) mass is 376 g/mol. The Bertz CT molecular complexity index is 1020. The zero-order valence-corrected chi connectivity index (χ0v) is 15.5. The summed E-state index contributed by atoms with van der Waals surface area (Å²) in [6.07, 6.45) is 1.14. The molecule has 146 valence electrons. The van der Waals surface area contributed by atoms with Crippen molar-refractivity contribution in [1.82, 2.24) is 19.1 Å². The summed E-state index contributed by atoms with van der Waals surface area (Å²) in [5, 5.41) is 10.2. The smallest absolute Gasteiger partial charge is 0.332 e. The van der Waals surface area contributed by atoms with Crippen molar-refractivity contribution >= 4 is 11.2 Å². The van der Waals surface area contributed by atoms with Gasteiger partial charge in [0.05, 0.1) is 12.2 Å². The summed E-state index contributed by atoms with van der Waals surface area (Å²) in [7, 11) is 0. The van der Waals surface area contributed by atoms with Gasteiger partial charge in [-0.3, -0.25) is 13.9 Å². The molecule has 4 fully saturated rings. The summed E-state index contributed by atoms with van der Waals surface area (Å²) in [5.41, 5.74) is -0.621. The van der Waals surface area contributed by atoms with Gasteiger partial charge in [0.1, 0.15) is 29.2 Å². The molecule has 0 amide bonds. The fourth-order valence-electron chi connectivity index (χ4n) is 4.86. The molecule has 6 rings (SSSR count). The van der Waals surface area contributed by atoms with E-state index in [4.69, 9.17) is 9.47 Å². The van der Waals surface area contributed by atoms with Crippen LogP contribution in [0.5, 0.6) is 0 Å². The molecule has 0 aliphatic carbocycles. The summed E-state index contributed by atoms with van der Waals surface area (Å²) in [6, 6.07) is 0. The molecule has 6 heterocycles. The van der Waals surface area contributed by atoms with E-state index in [1.165, 1.54) is 4.57 Å². The summed E-state index contributed by atoms with van der Waals surface area (Å²) >= 11 is 0.